The van der Waals surface area contributed by atoms with Crippen molar-refractivity contribution in [2.75, 3.05) is 19.8 Å². The molecule has 3 N–H and O–H groups in total. The van der Waals surface area contributed by atoms with Gasteiger partial charge in [0, 0.05) is 6.42 Å². The van der Waals surface area contributed by atoms with Crippen LogP contribution in [0.25, 0.3) is 0 Å². The van der Waals surface area contributed by atoms with Crippen molar-refractivity contribution in [3.8, 4) is 0 Å². The number of unbranched alkanes of at least 4 members (excludes halogenated alkanes) is 5. The van der Waals surface area contributed by atoms with Crippen molar-refractivity contribution in [3.63, 3.8) is 0 Å². The van der Waals surface area contributed by atoms with Crippen LogP contribution in [0.2, 0.25) is 0 Å². The lowest BCUT2D eigenvalue weighted by Crippen LogP contribution is -2.50. The average molecular weight is 376 g/mol. The van der Waals surface area contributed by atoms with E-state index in [1.807, 2.05) is 0 Å². The van der Waals surface area contributed by atoms with Crippen LogP contribution in [-0.4, -0.2) is 70.9 Å². The molecule has 26 heavy (non-hydrogen) atoms. The van der Waals surface area contributed by atoms with Crippen LogP contribution in [0.5, 0.6) is 0 Å². The molecule has 1 heterocycles. The summed E-state index contributed by atoms with van der Waals surface area (Å²) in [5.74, 6) is -3.46. The van der Waals surface area contributed by atoms with Crippen molar-refractivity contribution >= 4 is 17.9 Å². The molecule has 1 aliphatic rings. The van der Waals surface area contributed by atoms with Crippen molar-refractivity contribution in [1.82, 2.24) is 0 Å². The van der Waals surface area contributed by atoms with E-state index in [1.54, 1.807) is 0 Å². The Kier molecular flexibility index (Phi) is 9.53. The van der Waals surface area contributed by atoms with Crippen molar-refractivity contribution in [1.29, 1.82) is 0 Å². The molecule has 0 aromatic carbocycles. The smallest absolute Gasteiger partial charge is 0.354 e. The molecule has 3 unspecified atom stereocenters. The van der Waals surface area contributed by atoms with Crippen LogP contribution in [-0.2, 0) is 28.6 Å². The molecule has 1 aliphatic heterocycles. The number of ether oxygens (including phenoxy) is 3. The number of hydrogen-bond donors (Lipinski definition) is 3. The van der Waals surface area contributed by atoms with Gasteiger partial charge in [-0.1, -0.05) is 39.0 Å². The molecule has 0 bridgehead atoms. The Balaban J connectivity index is 2.92. The second-order valence-electron chi connectivity index (χ2n) is 6.28. The van der Waals surface area contributed by atoms with Gasteiger partial charge in [0.15, 0.2) is 0 Å². The average Bonchev–Trinajstić information content (AvgIpc) is 2.67. The largest absolute Gasteiger partial charge is 0.445 e. The number of rotatable bonds is 10. The first-order chi connectivity index (χ1) is 12.4. The van der Waals surface area contributed by atoms with E-state index in [0.29, 0.717) is 6.42 Å². The number of cyclic esters (lactones) is 3. The van der Waals surface area contributed by atoms with Gasteiger partial charge < -0.3 is 29.5 Å². The van der Waals surface area contributed by atoms with Gasteiger partial charge in [-0.2, -0.15) is 0 Å². The highest BCUT2D eigenvalue weighted by Crippen LogP contribution is 2.25. The third-order valence-corrected chi connectivity index (χ3v) is 4.22. The standard InChI is InChI=1S/C17H28O9/c1-2-3-4-5-6-7-8-17(11-20)16(23)25-12(9-18)14(21)24-13(10-19)15(22)26-17/h12-13,18-20H,2-11H2,1H3. The number of carbonyl (C=O) groups excluding carboxylic acids is 3. The van der Waals surface area contributed by atoms with Crippen LogP contribution >= 0.6 is 0 Å². The summed E-state index contributed by atoms with van der Waals surface area (Å²) in [6, 6.07) is 0. The summed E-state index contributed by atoms with van der Waals surface area (Å²) < 4.78 is 14.7. The zero-order valence-electron chi connectivity index (χ0n) is 15.0. The summed E-state index contributed by atoms with van der Waals surface area (Å²) in [5.41, 5.74) is -2.00. The quantitative estimate of drug-likeness (QED) is 0.269. The minimum atomic E-state index is -2.00. The summed E-state index contributed by atoms with van der Waals surface area (Å²) in [6.45, 7) is -0.492. The molecular formula is C17H28O9. The van der Waals surface area contributed by atoms with Gasteiger partial charge in [-0.25, -0.2) is 14.4 Å². The van der Waals surface area contributed by atoms with Gasteiger partial charge in [0.25, 0.3) is 0 Å². The van der Waals surface area contributed by atoms with Gasteiger partial charge in [0.1, 0.15) is 0 Å². The number of aliphatic hydroxyl groups excluding tert-OH is 3. The van der Waals surface area contributed by atoms with Gasteiger partial charge >= 0.3 is 17.9 Å². The summed E-state index contributed by atoms with van der Waals surface area (Å²) >= 11 is 0. The monoisotopic (exact) mass is 376 g/mol. The fraction of sp³-hybridized carbons (Fsp3) is 0.824. The highest BCUT2D eigenvalue weighted by molar-refractivity contribution is 5.90. The van der Waals surface area contributed by atoms with E-state index in [1.165, 1.54) is 0 Å². The predicted molar refractivity (Wildman–Crippen MR) is 87.8 cm³/mol. The lowest BCUT2D eigenvalue weighted by atomic mass is 9.95. The molecule has 1 rings (SSSR count). The first-order valence-corrected chi connectivity index (χ1v) is 8.91. The Morgan fingerprint density at radius 1 is 0.846 bits per heavy atom. The van der Waals surface area contributed by atoms with Gasteiger partial charge in [0.2, 0.25) is 17.8 Å². The van der Waals surface area contributed by atoms with Crippen LogP contribution in [0, 0.1) is 0 Å². The maximum absolute atomic E-state index is 12.5. The summed E-state index contributed by atoms with van der Waals surface area (Å²) in [7, 11) is 0. The zero-order valence-corrected chi connectivity index (χ0v) is 15.0. The molecule has 0 aliphatic carbocycles. The Morgan fingerprint density at radius 3 is 2.00 bits per heavy atom. The van der Waals surface area contributed by atoms with Crippen LogP contribution in [0.4, 0.5) is 0 Å². The molecule has 0 spiro atoms. The molecule has 1 fully saturated rings. The fourth-order valence-corrected chi connectivity index (χ4v) is 2.59. The van der Waals surface area contributed by atoms with E-state index >= 15 is 0 Å². The van der Waals surface area contributed by atoms with Crippen molar-refractivity contribution in [2.45, 2.75) is 69.7 Å². The van der Waals surface area contributed by atoms with Crippen LogP contribution in [0.1, 0.15) is 51.9 Å². The molecular weight excluding hydrogens is 348 g/mol. The zero-order chi connectivity index (χ0) is 19.6. The molecule has 0 aromatic rings. The Morgan fingerprint density at radius 2 is 1.42 bits per heavy atom. The second kappa shape index (κ2) is 11.1. The van der Waals surface area contributed by atoms with Crippen molar-refractivity contribution in [2.24, 2.45) is 0 Å². The third kappa shape index (κ3) is 5.93. The molecule has 1 saturated heterocycles. The molecule has 9 nitrogen and oxygen atoms in total. The molecule has 0 radical (unpaired) electrons. The first kappa shape index (κ1) is 22.3. The van der Waals surface area contributed by atoms with Gasteiger partial charge in [-0.3, -0.25) is 0 Å². The van der Waals surface area contributed by atoms with Gasteiger partial charge in [-0.05, 0) is 6.42 Å². The molecule has 0 saturated carbocycles. The molecule has 150 valence electrons. The van der Waals surface area contributed by atoms with Crippen molar-refractivity contribution in [3.05, 3.63) is 0 Å². The third-order valence-electron chi connectivity index (χ3n) is 4.22. The topological polar surface area (TPSA) is 140 Å². The molecule has 3 atom stereocenters. The SMILES string of the molecule is CCCCCCCCC1(CO)OC(=O)C(CO)OC(=O)C(CO)OC1=O. The minimum Gasteiger partial charge on any atom is -0.445 e. The number of esters is 3. The maximum Gasteiger partial charge on any atom is 0.354 e. The minimum absolute atomic E-state index is 0.00924. The van der Waals surface area contributed by atoms with Gasteiger partial charge in [-0.15, -0.1) is 0 Å². The number of carbonyl (C=O) groups is 3. The Bertz CT molecular complexity index is 477. The van der Waals surface area contributed by atoms with E-state index in [0.717, 1.165) is 32.1 Å². The van der Waals surface area contributed by atoms with E-state index in [9.17, 15) is 29.7 Å². The van der Waals surface area contributed by atoms with Crippen LogP contribution in [0.15, 0.2) is 0 Å². The summed E-state index contributed by atoms with van der Waals surface area (Å²) in [5, 5.41) is 28.2. The van der Waals surface area contributed by atoms with Crippen LogP contribution in [0.3, 0.4) is 0 Å². The van der Waals surface area contributed by atoms with Gasteiger partial charge in [0.05, 0.1) is 19.8 Å². The fourth-order valence-electron chi connectivity index (χ4n) is 2.59. The number of aliphatic hydroxyl groups is 3. The lowest BCUT2D eigenvalue weighted by molar-refractivity contribution is -0.193. The molecule has 9 heteroatoms. The van der Waals surface area contributed by atoms with E-state index in [4.69, 9.17) is 14.2 Å². The van der Waals surface area contributed by atoms with Crippen LogP contribution < -0.4 is 0 Å². The van der Waals surface area contributed by atoms with E-state index in [2.05, 4.69) is 6.92 Å². The summed E-state index contributed by atoms with van der Waals surface area (Å²) in [6.07, 6.45) is 2.05. The second-order valence-corrected chi connectivity index (χ2v) is 6.28. The first-order valence-electron chi connectivity index (χ1n) is 8.91. The summed E-state index contributed by atoms with van der Waals surface area (Å²) in [4.78, 5) is 36.4. The van der Waals surface area contributed by atoms with E-state index < -0.39 is 55.5 Å². The highest BCUT2D eigenvalue weighted by atomic mass is 16.7. The number of hydrogen-bond acceptors (Lipinski definition) is 9. The normalized spacial score (nSPS) is 27.0. The highest BCUT2D eigenvalue weighted by Gasteiger charge is 2.48. The molecule has 0 aromatic heterocycles. The predicted octanol–water partition coefficient (Wildman–Crippen LogP) is -0.167. The Hall–Kier alpha value is -1.71. The van der Waals surface area contributed by atoms with Crippen molar-refractivity contribution < 1.29 is 43.9 Å². The van der Waals surface area contributed by atoms with E-state index in [-0.39, 0.29) is 6.42 Å². The lowest BCUT2D eigenvalue weighted by Gasteiger charge is -2.29. The molecule has 0 amide bonds. The Labute approximate surface area is 152 Å². The maximum atomic E-state index is 12.5.